The molecule has 0 saturated carbocycles. The molecule has 1 amide bonds. The summed E-state index contributed by atoms with van der Waals surface area (Å²) in [6.45, 7) is -3.09. The van der Waals surface area contributed by atoms with Crippen LogP contribution in [0, 0.1) is 0 Å². The Morgan fingerprint density at radius 1 is 1.12 bits per heavy atom. The molecule has 0 aliphatic rings. The van der Waals surface area contributed by atoms with Crippen LogP contribution in [-0.4, -0.2) is 39.9 Å². The predicted octanol–water partition coefficient (Wildman–Crippen LogP) is 2.79. The van der Waals surface area contributed by atoms with E-state index in [1.807, 2.05) is 0 Å². The number of para-hydroxylation sites is 2. The molecule has 134 valence electrons. The number of alkyl halides is 2. The number of anilines is 1. The van der Waals surface area contributed by atoms with Crippen molar-refractivity contribution < 1.29 is 26.7 Å². The van der Waals surface area contributed by atoms with Crippen LogP contribution in [-0.2, 0) is 10.0 Å². The van der Waals surface area contributed by atoms with Crippen molar-refractivity contribution in [2.75, 3.05) is 18.8 Å². The molecule has 2 aromatic carbocycles. The zero-order chi connectivity index (χ0) is 18.6. The summed E-state index contributed by atoms with van der Waals surface area (Å²) in [6, 6.07) is 10.8. The lowest BCUT2D eigenvalue weighted by Gasteiger charge is -2.14. The predicted molar refractivity (Wildman–Crippen MR) is 88.3 cm³/mol. The molecule has 0 aliphatic heterocycles. The first-order valence-corrected chi connectivity index (χ1v) is 8.57. The second kappa shape index (κ2) is 7.47. The molecule has 0 aromatic heterocycles. The van der Waals surface area contributed by atoms with Crippen molar-refractivity contribution in [2.24, 2.45) is 0 Å². The number of sulfonamides is 1. The number of carbonyl (C=O) groups is 1. The average molecular weight is 370 g/mol. The third-order valence-corrected chi connectivity index (χ3v) is 4.51. The summed E-state index contributed by atoms with van der Waals surface area (Å²) in [5.74, 6) is -0.667. The van der Waals surface area contributed by atoms with Crippen molar-refractivity contribution in [2.45, 2.75) is 11.5 Å². The summed E-state index contributed by atoms with van der Waals surface area (Å²) in [6.07, 6.45) is 0. The first-order chi connectivity index (χ1) is 11.7. The highest BCUT2D eigenvalue weighted by atomic mass is 32.2. The average Bonchev–Trinajstić information content (AvgIpc) is 2.55. The molecule has 0 saturated heterocycles. The van der Waals surface area contributed by atoms with E-state index in [4.69, 9.17) is 0 Å². The molecule has 2 aromatic rings. The van der Waals surface area contributed by atoms with Gasteiger partial charge in [-0.15, -0.1) is 0 Å². The van der Waals surface area contributed by atoms with E-state index in [1.54, 1.807) is 14.1 Å². The first-order valence-electron chi connectivity index (χ1n) is 7.09. The Balaban J connectivity index is 2.35. The van der Waals surface area contributed by atoms with Gasteiger partial charge >= 0.3 is 6.61 Å². The topological polar surface area (TPSA) is 75.7 Å². The van der Waals surface area contributed by atoms with Gasteiger partial charge in [-0.05, 0) is 30.3 Å². The van der Waals surface area contributed by atoms with Crippen molar-refractivity contribution in [3.63, 3.8) is 0 Å². The Labute approximate surface area is 144 Å². The third kappa shape index (κ3) is 4.66. The lowest BCUT2D eigenvalue weighted by molar-refractivity contribution is -0.0493. The van der Waals surface area contributed by atoms with Crippen LogP contribution in [0.25, 0.3) is 0 Å². The molecule has 0 radical (unpaired) electrons. The fourth-order valence-corrected chi connectivity index (χ4v) is 3.12. The van der Waals surface area contributed by atoms with Gasteiger partial charge in [0.1, 0.15) is 5.75 Å². The third-order valence-electron chi connectivity index (χ3n) is 3.14. The standard InChI is InChI=1S/C16H16F2N2O4S/c1-20(2)15(21)11-6-5-7-12(10-11)25(22,23)19-13-8-3-4-9-14(13)24-16(17)18/h3-10,16,19H,1-2H3. The van der Waals surface area contributed by atoms with E-state index < -0.39 is 16.6 Å². The molecule has 0 fully saturated rings. The Kier molecular flexibility index (Phi) is 5.58. The van der Waals surface area contributed by atoms with Gasteiger partial charge in [0.2, 0.25) is 0 Å². The highest BCUT2D eigenvalue weighted by Gasteiger charge is 2.19. The van der Waals surface area contributed by atoms with Crippen molar-refractivity contribution in [3.05, 3.63) is 54.1 Å². The van der Waals surface area contributed by atoms with Crippen molar-refractivity contribution in [1.29, 1.82) is 0 Å². The van der Waals surface area contributed by atoms with Crippen LogP contribution >= 0.6 is 0 Å². The molecular weight excluding hydrogens is 354 g/mol. The number of benzene rings is 2. The fraction of sp³-hybridized carbons (Fsp3) is 0.188. The summed E-state index contributed by atoms with van der Waals surface area (Å²) >= 11 is 0. The maximum Gasteiger partial charge on any atom is 0.387 e. The molecular formula is C16H16F2N2O4S. The Morgan fingerprint density at radius 2 is 1.80 bits per heavy atom. The SMILES string of the molecule is CN(C)C(=O)c1cccc(S(=O)(=O)Nc2ccccc2OC(F)F)c1. The zero-order valence-corrected chi connectivity index (χ0v) is 14.3. The number of amides is 1. The van der Waals surface area contributed by atoms with Crippen LogP contribution in [0.1, 0.15) is 10.4 Å². The van der Waals surface area contributed by atoms with Crippen LogP contribution in [0.2, 0.25) is 0 Å². The van der Waals surface area contributed by atoms with Crippen LogP contribution in [0.3, 0.4) is 0 Å². The maximum absolute atomic E-state index is 12.5. The van der Waals surface area contributed by atoms with Crippen LogP contribution in [0.5, 0.6) is 5.75 Å². The molecule has 0 heterocycles. The minimum absolute atomic E-state index is 0.132. The van der Waals surface area contributed by atoms with Crippen LogP contribution < -0.4 is 9.46 Å². The molecule has 1 N–H and O–H groups in total. The Hall–Kier alpha value is -2.68. The largest absolute Gasteiger partial charge is 0.433 e. The zero-order valence-electron chi connectivity index (χ0n) is 13.4. The van der Waals surface area contributed by atoms with E-state index >= 15 is 0 Å². The van der Waals surface area contributed by atoms with E-state index in [1.165, 1.54) is 53.4 Å². The van der Waals surface area contributed by atoms with Gasteiger partial charge in [-0.25, -0.2) is 8.42 Å². The molecule has 6 nitrogen and oxygen atoms in total. The number of hydrogen-bond donors (Lipinski definition) is 1. The molecule has 25 heavy (non-hydrogen) atoms. The molecule has 0 bridgehead atoms. The second-order valence-electron chi connectivity index (χ2n) is 5.21. The lowest BCUT2D eigenvalue weighted by atomic mass is 10.2. The van der Waals surface area contributed by atoms with Crippen molar-refractivity contribution >= 4 is 21.6 Å². The number of nitrogens with zero attached hydrogens (tertiary/aromatic N) is 1. The van der Waals surface area contributed by atoms with Gasteiger partial charge in [0.05, 0.1) is 10.6 Å². The lowest BCUT2D eigenvalue weighted by Crippen LogP contribution is -2.22. The highest BCUT2D eigenvalue weighted by molar-refractivity contribution is 7.92. The van der Waals surface area contributed by atoms with E-state index in [9.17, 15) is 22.0 Å². The molecule has 0 atom stereocenters. The van der Waals surface area contributed by atoms with Crippen LogP contribution in [0.15, 0.2) is 53.4 Å². The van der Waals surface area contributed by atoms with Gasteiger partial charge in [-0.1, -0.05) is 18.2 Å². The summed E-state index contributed by atoms with van der Waals surface area (Å²) in [5, 5.41) is 0. The normalized spacial score (nSPS) is 11.2. The van der Waals surface area contributed by atoms with Crippen molar-refractivity contribution in [1.82, 2.24) is 4.90 Å². The van der Waals surface area contributed by atoms with Gasteiger partial charge in [-0.3, -0.25) is 9.52 Å². The summed E-state index contributed by atoms with van der Waals surface area (Å²) in [5.41, 5.74) is 0.0529. The Morgan fingerprint density at radius 3 is 2.44 bits per heavy atom. The van der Waals surface area contributed by atoms with Crippen molar-refractivity contribution in [3.8, 4) is 5.75 Å². The molecule has 0 spiro atoms. The quantitative estimate of drug-likeness (QED) is 0.848. The summed E-state index contributed by atoms with van der Waals surface area (Å²) < 4.78 is 56.4. The molecule has 0 unspecified atom stereocenters. The minimum Gasteiger partial charge on any atom is -0.433 e. The van der Waals surface area contributed by atoms with E-state index in [0.29, 0.717) is 0 Å². The second-order valence-corrected chi connectivity index (χ2v) is 6.89. The fourth-order valence-electron chi connectivity index (χ4n) is 2.01. The van der Waals surface area contributed by atoms with Gasteiger partial charge in [-0.2, -0.15) is 8.78 Å². The number of hydrogen-bond acceptors (Lipinski definition) is 4. The van der Waals surface area contributed by atoms with Gasteiger partial charge < -0.3 is 9.64 Å². The monoisotopic (exact) mass is 370 g/mol. The van der Waals surface area contributed by atoms with Crippen LogP contribution in [0.4, 0.5) is 14.5 Å². The number of carbonyl (C=O) groups excluding carboxylic acids is 1. The van der Waals surface area contributed by atoms with Gasteiger partial charge in [0.15, 0.2) is 0 Å². The summed E-state index contributed by atoms with van der Waals surface area (Å²) in [4.78, 5) is 13.1. The number of nitrogens with one attached hydrogen (secondary N) is 1. The molecule has 0 aliphatic carbocycles. The van der Waals surface area contributed by atoms with E-state index in [0.717, 1.165) is 0 Å². The van der Waals surface area contributed by atoms with Gasteiger partial charge in [0, 0.05) is 19.7 Å². The first kappa shape index (κ1) is 18.7. The maximum atomic E-state index is 12.5. The minimum atomic E-state index is -4.10. The summed E-state index contributed by atoms with van der Waals surface area (Å²) in [7, 11) is -1.02. The molecule has 2 rings (SSSR count). The Bertz CT molecular complexity index is 870. The number of ether oxygens (including phenoxy) is 1. The number of halogens is 2. The van der Waals surface area contributed by atoms with E-state index in [-0.39, 0.29) is 27.8 Å². The number of rotatable bonds is 6. The van der Waals surface area contributed by atoms with Gasteiger partial charge in [0.25, 0.3) is 15.9 Å². The smallest absolute Gasteiger partial charge is 0.387 e. The molecule has 9 heteroatoms. The van der Waals surface area contributed by atoms with E-state index in [2.05, 4.69) is 9.46 Å². The highest BCUT2D eigenvalue weighted by Crippen LogP contribution is 2.28.